The summed E-state index contributed by atoms with van der Waals surface area (Å²) >= 11 is 0. The van der Waals surface area contributed by atoms with Gasteiger partial charge in [-0.15, -0.1) is 0 Å². The van der Waals surface area contributed by atoms with Crippen LogP contribution in [-0.4, -0.2) is 19.1 Å². The van der Waals surface area contributed by atoms with Gasteiger partial charge in [0.15, 0.2) is 5.82 Å². The van der Waals surface area contributed by atoms with Crippen LogP contribution in [0.4, 0.5) is 0 Å². The van der Waals surface area contributed by atoms with Crippen LogP contribution < -0.4 is 0 Å². The lowest BCUT2D eigenvalue weighted by Gasteiger charge is -2.20. The van der Waals surface area contributed by atoms with E-state index >= 15 is 0 Å². The van der Waals surface area contributed by atoms with Crippen LogP contribution in [0.3, 0.4) is 0 Å². The average molecular weight is 717 g/mol. The minimum Gasteiger partial charge on any atom is -0.310 e. The summed E-state index contributed by atoms with van der Waals surface area (Å²) in [5, 5.41) is 3.75. The molecule has 0 N–H and O–H groups in total. The second-order valence-electron chi connectivity index (χ2n) is 14.6. The lowest BCUT2D eigenvalue weighted by Crippen LogP contribution is -2.07. The highest BCUT2D eigenvalue weighted by Gasteiger charge is 2.25. The molecule has 1 atom stereocenters. The fourth-order valence-corrected chi connectivity index (χ4v) is 8.64. The molecule has 7 aromatic carbocycles. The quantitative estimate of drug-likeness (QED) is 0.172. The van der Waals surface area contributed by atoms with E-state index in [0.29, 0.717) is 5.82 Å². The molecule has 3 heterocycles. The molecule has 0 saturated carbocycles. The molecule has 4 heteroatoms. The predicted molar refractivity (Wildman–Crippen MR) is 231 cm³/mol. The van der Waals surface area contributed by atoms with Crippen LogP contribution in [0, 0.1) is 0 Å². The molecule has 0 spiro atoms. The standard InChI is InChI=1S/C52H36N4/c1-4-14-35(15-5-1)36-24-26-38(27-25-36)52-53-46(37-16-6-2-7-17-37)34-51(54-52)56-48-23-13-11-21-43(48)45-33-40(29-31-50(45)56)39-28-30-49-44(32-39)42-20-10-12-22-47(42)55(49)41-18-8-3-9-19-41/h1-31,33-34,39H,32H2. The third-order valence-corrected chi connectivity index (χ3v) is 11.3. The number of rotatable bonds is 6. The summed E-state index contributed by atoms with van der Waals surface area (Å²) in [7, 11) is 0. The molecular weight excluding hydrogens is 681 g/mol. The number of hydrogen-bond acceptors (Lipinski definition) is 2. The van der Waals surface area contributed by atoms with Crippen LogP contribution >= 0.6 is 0 Å². The fraction of sp³-hybridized carbons (Fsp3) is 0.0385. The lowest BCUT2D eigenvalue weighted by molar-refractivity contribution is 0.826. The number of nitrogens with zero attached hydrogens (tertiary/aromatic N) is 4. The van der Waals surface area contributed by atoms with Crippen molar-refractivity contribution < 1.29 is 0 Å². The van der Waals surface area contributed by atoms with Gasteiger partial charge in [-0.3, -0.25) is 4.57 Å². The Morgan fingerprint density at radius 2 is 1.04 bits per heavy atom. The van der Waals surface area contributed by atoms with Crippen molar-refractivity contribution in [2.45, 2.75) is 12.3 Å². The molecule has 10 aromatic rings. The Kier molecular flexibility index (Phi) is 7.59. The van der Waals surface area contributed by atoms with Gasteiger partial charge in [-0.05, 0) is 71.1 Å². The fourth-order valence-electron chi connectivity index (χ4n) is 8.64. The van der Waals surface area contributed by atoms with Gasteiger partial charge in [0.25, 0.3) is 0 Å². The van der Waals surface area contributed by atoms with E-state index in [-0.39, 0.29) is 5.92 Å². The summed E-state index contributed by atoms with van der Waals surface area (Å²) in [4.78, 5) is 10.5. The maximum Gasteiger partial charge on any atom is 0.162 e. The van der Waals surface area contributed by atoms with Gasteiger partial charge < -0.3 is 4.57 Å². The highest BCUT2D eigenvalue weighted by molar-refractivity contribution is 6.09. The van der Waals surface area contributed by atoms with E-state index in [2.05, 4.69) is 197 Å². The van der Waals surface area contributed by atoms with E-state index in [0.717, 1.165) is 45.7 Å². The highest BCUT2D eigenvalue weighted by atomic mass is 15.1. The topological polar surface area (TPSA) is 35.6 Å². The van der Waals surface area contributed by atoms with Crippen molar-refractivity contribution in [1.29, 1.82) is 0 Å². The molecule has 56 heavy (non-hydrogen) atoms. The van der Waals surface area contributed by atoms with Gasteiger partial charge in [-0.1, -0.05) is 152 Å². The first-order valence-corrected chi connectivity index (χ1v) is 19.3. The van der Waals surface area contributed by atoms with E-state index in [1.54, 1.807) is 0 Å². The van der Waals surface area contributed by atoms with Crippen molar-refractivity contribution in [1.82, 2.24) is 19.1 Å². The average Bonchev–Trinajstić information content (AvgIpc) is 3.79. The van der Waals surface area contributed by atoms with E-state index in [1.807, 2.05) is 12.1 Å². The molecule has 1 unspecified atom stereocenters. The van der Waals surface area contributed by atoms with Gasteiger partial charge in [0.2, 0.25) is 0 Å². The molecule has 264 valence electrons. The molecular formula is C52H36N4. The second-order valence-corrected chi connectivity index (χ2v) is 14.6. The van der Waals surface area contributed by atoms with E-state index < -0.39 is 0 Å². The molecule has 0 saturated heterocycles. The zero-order chi connectivity index (χ0) is 37.0. The van der Waals surface area contributed by atoms with E-state index in [1.165, 1.54) is 49.7 Å². The monoisotopic (exact) mass is 716 g/mol. The van der Waals surface area contributed by atoms with Crippen molar-refractivity contribution in [3.05, 3.63) is 211 Å². The van der Waals surface area contributed by atoms with Gasteiger partial charge in [0.1, 0.15) is 5.82 Å². The molecule has 0 bridgehead atoms. The molecule has 0 amide bonds. The van der Waals surface area contributed by atoms with Gasteiger partial charge in [-0.2, -0.15) is 0 Å². The van der Waals surface area contributed by atoms with E-state index in [9.17, 15) is 0 Å². The Hall–Kier alpha value is -7.30. The van der Waals surface area contributed by atoms with Gasteiger partial charge in [-0.25, -0.2) is 9.97 Å². The first-order chi connectivity index (χ1) is 27.8. The van der Waals surface area contributed by atoms with Gasteiger partial charge in [0.05, 0.1) is 22.2 Å². The van der Waals surface area contributed by atoms with Crippen LogP contribution in [0.5, 0.6) is 0 Å². The third kappa shape index (κ3) is 5.38. The minimum atomic E-state index is 0.248. The first-order valence-electron chi connectivity index (χ1n) is 19.3. The van der Waals surface area contributed by atoms with Crippen LogP contribution in [0.1, 0.15) is 22.7 Å². The summed E-state index contributed by atoms with van der Waals surface area (Å²) < 4.78 is 4.72. The molecule has 0 fully saturated rings. The number of aromatic nitrogens is 4. The summed E-state index contributed by atoms with van der Waals surface area (Å²) in [5.41, 5.74) is 13.9. The lowest BCUT2D eigenvalue weighted by atomic mass is 9.86. The number of benzene rings is 7. The van der Waals surface area contributed by atoms with Crippen LogP contribution in [0.25, 0.3) is 84.1 Å². The Morgan fingerprint density at radius 3 is 1.79 bits per heavy atom. The largest absolute Gasteiger partial charge is 0.310 e. The molecule has 0 radical (unpaired) electrons. The smallest absolute Gasteiger partial charge is 0.162 e. The first kappa shape index (κ1) is 32.2. The molecule has 0 aliphatic heterocycles. The Morgan fingerprint density at radius 1 is 0.446 bits per heavy atom. The molecule has 11 rings (SSSR count). The van der Waals surface area contributed by atoms with Crippen LogP contribution in [-0.2, 0) is 6.42 Å². The van der Waals surface area contributed by atoms with Gasteiger partial charge >= 0.3 is 0 Å². The zero-order valence-electron chi connectivity index (χ0n) is 30.6. The molecule has 1 aliphatic carbocycles. The summed E-state index contributed by atoms with van der Waals surface area (Å²) in [6.07, 6.45) is 5.67. The predicted octanol–water partition coefficient (Wildman–Crippen LogP) is 12.9. The summed E-state index contributed by atoms with van der Waals surface area (Å²) in [6.45, 7) is 0. The summed E-state index contributed by atoms with van der Waals surface area (Å²) in [5.74, 6) is 1.79. The van der Waals surface area contributed by atoms with Crippen molar-refractivity contribution >= 4 is 38.8 Å². The van der Waals surface area contributed by atoms with Crippen molar-refractivity contribution in [3.63, 3.8) is 0 Å². The Labute approximate surface area is 325 Å². The van der Waals surface area contributed by atoms with Crippen molar-refractivity contribution in [2.75, 3.05) is 0 Å². The maximum atomic E-state index is 5.31. The SMILES string of the molecule is C1=CC(c2ccc3c(c2)c2ccccc2n3-c2cc(-c3ccccc3)nc(-c3ccc(-c4ccccc4)cc3)n2)Cc2c1n(-c1ccccc1)c1ccccc21. The molecule has 1 aliphatic rings. The molecule has 4 nitrogen and oxygen atoms in total. The number of para-hydroxylation sites is 3. The number of fused-ring (bicyclic) bond motifs is 6. The second kappa shape index (κ2) is 13.2. The zero-order valence-corrected chi connectivity index (χ0v) is 30.6. The normalized spacial score (nSPS) is 13.8. The maximum absolute atomic E-state index is 5.31. The van der Waals surface area contributed by atoms with Crippen LogP contribution in [0.15, 0.2) is 194 Å². The highest BCUT2D eigenvalue weighted by Crippen LogP contribution is 2.41. The molecule has 3 aromatic heterocycles. The van der Waals surface area contributed by atoms with Crippen LogP contribution in [0.2, 0.25) is 0 Å². The van der Waals surface area contributed by atoms with E-state index in [4.69, 9.17) is 9.97 Å². The Balaban J connectivity index is 1.03. The number of hydrogen-bond donors (Lipinski definition) is 0. The van der Waals surface area contributed by atoms with Gasteiger partial charge in [0, 0.05) is 50.7 Å². The van der Waals surface area contributed by atoms with Crippen molar-refractivity contribution in [3.8, 4) is 45.3 Å². The number of allylic oxidation sites excluding steroid dienone is 1. The minimum absolute atomic E-state index is 0.248. The van der Waals surface area contributed by atoms with Crippen molar-refractivity contribution in [2.24, 2.45) is 0 Å². The summed E-state index contributed by atoms with van der Waals surface area (Å²) in [6, 6.07) is 66.8. The third-order valence-electron chi connectivity index (χ3n) is 11.3. The Bertz CT molecular complexity index is 3080.